The summed E-state index contributed by atoms with van der Waals surface area (Å²) in [7, 11) is 0. The maximum atomic E-state index is 12.3. The number of piperidine rings is 1. The number of likely N-dealkylation sites (tertiary alicyclic amines) is 1. The van der Waals surface area contributed by atoms with Crippen molar-refractivity contribution in [3.05, 3.63) is 30.5 Å². The fraction of sp³-hybridized carbons (Fsp3) is 0.438. The molecule has 5 nitrogen and oxygen atoms in total. The van der Waals surface area contributed by atoms with E-state index in [4.69, 9.17) is 0 Å². The number of H-pyrrole nitrogens is 1. The molecule has 1 fully saturated rings. The molecule has 0 bridgehead atoms. The van der Waals surface area contributed by atoms with E-state index in [0.29, 0.717) is 6.54 Å². The van der Waals surface area contributed by atoms with Gasteiger partial charge >= 0.3 is 6.03 Å². The molecule has 112 valence electrons. The molecule has 1 aliphatic rings. The van der Waals surface area contributed by atoms with Gasteiger partial charge in [0.1, 0.15) is 0 Å². The minimum Gasteiger partial charge on any atom is -0.393 e. The van der Waals surface area contributed by atoms with E-state index in [1.165, 1.54) is 0 Å². The van der Waals surface area contributed by atoms with E-state index in [1.54, 1.807) is 11.8 Å². The number of aliphatic hydroxyl groups excluding tert-OH is 1. The van der Waals surface area contributed by atoms with Crippen LogP contribution in [-0.2, 0) is 0 Å². The van der Waals surface area contributed by atoms with Crippen LogP contribution in [0.25, 0.3) is 10.9 Å². The van der Waals surface area contributed by atoms with E-state index in [-0.39, 0.29) is 18.1 Å². The monoisotopic (exact) mass is 287 g/mol. The number of fused-ring (bicyclic) bond motifs is 1. The first-order valence-electron chi connectivity index (χ1n) is 7.44. The lowest BCUT2D eigenvalue weighted by Gasteiger charge is -2.34. The quantitative estimate of drug-likeness (QED) is 0.795. The molecule has 0 saturated carbocycles. The predicted molar refractivity (Wildman–Crippen MR) is 83.3 cm³/mol. The third kappa shape index (κ3) is 3.03. The molecule has 1 saturated heterocycles. The van der Waals surface area contributed by atoms with Gasteiger partial charge in [-0.25, -0.2) is 4.79 Å². The lowest BCUT2D eigenvalue weighted by Crippen LogP contribution is -2.44. The number of carbonyl (C=O) groups is 1. The largest absolute Gasteiger partial charge is 0.393 e. The van der Waals surface area contributed by atoms with Crippen molar-refractivity contribution in [2.75, 3.05) is 18.4 Å². The second kappa shape index (κ2) is 5.77. The van der Waals surface area contributed by atoms with Crippen LogP contribution in [0.1, 0.15) is 19.8 Å². The normalized spacial score (nSPS) is 20.5. The molecular formula is C16H21N3O2. The van der Waals surface area contributed by atoms with Crippen LogP contribution in [0.3, 0.4) is 0 Å². The van der Waals surface area contributed by atoms with Gasteiger partial charge in [0.25, 0.3) is 0 Å². The Morgan fingerprint density at radius 2 is 2.33 bits per heavy atom. The van der Waals surface area contributed by atoms with Gasteiger partial charge in [0.2, 0.25) is 0 Å². The van der Waals surface area contributed by atoms with Gasteiger partial charge in [-0.3, -0.25) is 0 Å². The summed E-state index contributed by atoms with van der Waals surface area (Å²) in [6.45, 7) is 3.17. The first-order chi connectivity index (χ1) is 10.1. The number of hydrogen-bond acceptors (Lipinski definition) is 2. The number of aromatic nitrogens is 1. The van der Waals surface area contributed by atoms with E-state index in [1.807, 2.05) is 30.5 Å². The molecule has 21 heavy (non-hydrogen) atoms. The summed E-state index contributed by atoms with van der Waals surface area (Å²) in [5.74, 6) is 0.177. The highest BCUT2D eigenvalue weighted by atomic mass is 16.3. The topological polar surface area (TPSA) is 68.4 Å². The summed E-state index contributed by atoms with van der Waals surface area (Å²) < 4.78 is 0. The maximum absolute atomic E-state index is 12.3. The van der Waals surface area contributed by atoms with Crippen molar-refractivity contribution in [3.63, 3.8) is 0 Å². The Morgan fingerprint density at radius 3 is 3.14 bits per heavy atom. The van der Waals surface area contributed by atoms with Crippen molar-refractivity contribution in [3.8, 4) is 0 Å². The lowest BCUT2D eigenvalue weighted by molar-refractivity contribution is 0.0766. The highest BCUT2D eigenvalue weighted by Crippen LogP contribution is 2.22. The Kier molecular flexibility index (Phi) is 3.84. The third-order valence-electron chi connectivity index (χ3n) is 4.23. The standard InChI is InChI=1S/C16H21N3O2/c1-11(20)13-3-2-8-19(10-13)16(21)18-14-4-5-15-12(9-14)6-7-17-15/h4-7,9,11,13,17,20H,2-3,8,10H2,1H3,(H,18,21). The Labute approximate surface area is 124 Å². The SMILES string of the molecule is CC(O)C1CCCN(C(=O)Nc2ccc3[nH]ccc3c2)C1. The number of nitrogens with zero attached hydrogens (tertiary/aromatic N) is 1. The number of carbonyl (C=O) groups excluding carboxylic acids is 1. The summed E-state index contributed by atoms with van der Waals surface area (Å²) >= 11 is 0. The smallest absolute Gasteiger partial charge is 0.321 e. The van der Waals surface area contributed by atoms with Crippen molar-refractivity contribution in [2.24, 2.45) is 5.92 Å². The van der Waals surface area contributed by atoms with Gasteiger partial charge in [-0.15, -0.1) is 0 Å². The van der Waals surface area contributed by atoms with E-state index in [2.05, 4.69) is 10.3 Å². The fourth-order valence-electron chi connectivity index (χ4n) is 2.92. The van der Waals surface area contributed by atoms with E-state index in [0.717, 1.165) is 36.0 Å². The average Bonchev–Trinajstić information content (AvgIpc) is 2.95. The molecule has 1 aromatic carbocycles. The number of urea groups is 1. The zero-order valence-electron chi connectivity index (χ0n) is 12.2. The number of aliphatic hydroxyl groups is 1. The number of benzene rings is 1. The zero-order chi connectivity index (χ0) is 14.8. The number of hydrogen-bond donors (Lipinski definition) is 3. The van der Waals surface area contributed by atoms with Gasteiger partial charge in [-0.2, -0.15) is 0 Å². The van der Waals surface area contributed by atoms with Crippen LogP contribution in [0, 0.1) is 5.92 Å². The Bertz CT molecular complexity index is 635. The molecule has 2 aromatic rings. The third-order valence-corrected chi connectivity index (χ3v) is 4.23. The minimum atomic E-state index is -0.364. The van der Waals surface area contributed by atoms with Crippen LogP contribution in [0.4, 0.5) is 10.5 Å². The van der Waals surface area contributed by atoms with Gasteiger partial charge in [-0.05, 0) is 44.0 Å². The van der Waals surface area contributed by atoms with Crippen molar-refractivity contribution in [1.29, 1.82) is 0 Å². The molecule has 1 aliphatic heterocycles. The number of rotatable bonds is 2. The molecule has 5 heteroatoms. The second-order valence-corrected chi connectivity index (χ2v) is 5.80. The van der Waals surface area contributed by atoms with Crippen molar-refractivity contribution in [2.45, 2.75) is 25.9 Å². The molecule has 2 heterocycles. The Hall–Kier alpha value is -2.01. The molecule has 2 unspecified atom stereocenters. The van der Waals surface area contributed by atoms with E-state index < -0.39 is 0 Å². The number of aromatic amines is 1. The maximum Gasteiger partial charge on any atom is 0.321 e. The summed E-state index contributed by atoms with van der Waals surface area (Å²) in [4.78, 5) is 17.3. The molecule has 3 N–H and O–H groups in total. The molecule has 0 radical (unpaired) electrons. The highest BCUT2D eigenvalue weighted by Gasteiger charge is 2.26. The first-order valence-corrected chi connectivity index (χ1v) is 7.44. The van der Waals surface area contributed by atoms with Gasteiger partial charge in [-0.1, -0.05) is 0 Å². The highest BCUT2D eigenvalue weighted by molar-refractivity contribution is 5.92. The van der Waals surface area contributed by atoms with Crippen LogP contribution in [0.2, 0.25) is 0 Å². The number of amides is 2. The second-order valence-electron chi connectivity index (χ2n) is 5.80. The van der Waals surface area contributed by atoms with Crippen LogP contribution in [-0.4, -0.2) is 40.2 Å². The molecule has 1 aromatic heterocycles. The fourth-order valence-corrected chi connectivity index (χ4v) is 2.92. The van der Waals surface area contributed by atoms with E-state index >= 15 is 0 Å². The van der Waals surface area contributed by atoms with Gasteiger partial charge < -0.3 is 20.3 Å². The molecule has 0 aliphatic carbocycles. The average molecular weight is 287 g/mol. The summed E-state index contributed by atoms with van der Waals surface area (Å²) in [6, 6.07) is 7.71. The van der Waals surface area contributed by atoms with Crippen LogP contribution >= 0.6 is 0 Å². The molecule has 2 atom stereocenters. The lowest BCUT2D eigenvalue weighted by atomic mass is 9.94. The number of nitrogens with one attached hydrogen (secondary N) is 2. The summed E-state index contributed by atoms with van der Waals surface area (Å²) in [5, 5.41) is 13.7. The summed E-state index contributed by atoms with van der Waals surface area (Å²) in [6.07, 6.45) is 3.45. The van der Waals surface area contributed by atoms with Crippen molar-refractivity contribution < 1.29 is 9.90 Å². The van der Waals surface area contributed by atoms with Crippen LogP contribution in [0.15, 0.2) is 30.5 Å². The van der Waals surface area contributed by atoms with E-state index in [9.17, 15) is 9.90 Å². The van der Waals surface area contributed by atoms with Crippen molar-refractivity contribution >= 4 is 22.6 Å². The first kappa shape index (κ1) is 13.9. The van der Waals surface area contributed by atoms with Gasteiger partial charge in [0.15, 0.2) is 0 Å². The molecule has 0 spiro atoms. The molecule has 3 rings (SSSR count). The summed E-state index contributed by atoms with van der Waals surface area (Å²) in [5.41, 5.74) is 1.85. The predicted octanol–water partition coefficient (Wildman–Crippen LogP) is 2.79. The van der Waals surface area contributed by atoms with Crippen LogP contribution < -0.4 is 5.32 Å². The van der Waals surface area contributed by atoms with Crippen LogP contribution in [0.5, 0.6) is 0 Å². The molecule has 2 amide bonds. The minimum absolute atomic E-state index is 0.0877. The Morgan fingerprint density at radius 1 is 1.48 bits per heavy atom. The van der Waals surface area contributed by atoms with Gasteiger partial charge in [0, 0.05) is 41.8 Å². The van der Waals surface area contributed by atoms with Gasteiger partial charge in [0.05, 0.1) is 6.10 Å². The van der Waals surface area contributed by atoms with Crippen molar-refractivity contribution in [1.82, 2.24) is 9.88 Å². The Balaban J connectivity index is 1.67. The zero-order valence-corrected chi connectivity index (χ0v) is 12.2. The molecular weight excluding hydrogens is 266 g/mol. The number of anilines is 1.